The maximum atomic E-state index is 5.91. The fraction of sp³-hybridized carbons (Fsp3) is 0.417. The molecule has 4 heteroatoms. The van der Waals surface area contributed by atoms with Crippen molar-refractivity contribution in [1.82, 2.24) is 15.1 Å². The van der Waals surface area contributed by atoms with E-state index in [4.69, 9.17) is 5.73 Å². The molecule has 1 saturated heterocycles. The van der Waals surface area contributed by atoms with Crippen LogP contribution in [0.4, 0.5) is 5.69 Å². The summed E-state index contributed by atoms with van der Waals surface area (Å²) in [5, 5.41) is 8.95. The van der Waals surface area contributed by atoms with Crippen LogP contribution < -0.4 is 11.1 Å². The minimum Gasteiger partial charge on any atom is -0.398 e. The van der Waals surface area contributed by atoms with Crippen molar-refractivity contribution in [2.24, 2.45) is 0 Å². The van der Waals surface area contributed by atoms with Crippen LogP contribution in [0.2, 0.25) is 0 Å². The van der Waals surface area contributed by atoms with Gasteiger partial charge in [-0.3, -0.25) is 4.68 Å². The molecule has 16 heavy (non-hydrogen) atoms. The van der Waals surface area contributed by atoms with E-state index in [1.165, 1.54) is 12.8 Å². The van der Waals surface area contributed by atoms with Gasteiger partial charge in [-0.05, 0) is 31.5 Å². The second-order valence-corrected chi connectivity index (χ2v) is 4.40. The number of aromatic nitrogens is 2. The molecule has 3 rings (SSSR count). The van der Waals surface area contributed by atoms with Crippen LogP contribution in [0, 0.1) is 0 Å². The van der Waals surface area contributed by atoms with Crippen molar-refractivity contribution < 1.29 is 0 Å². The number of anilines is 1. The van der Waals surface area contributed by atoms with Crippen LogP contribution in [0.5, 0.6) is 0 Å². The number of fused-ring (bicyclic) bond motifs is 1. The molecule has 0 saturated carbocycles. The first-order chi connectivity index (χ1) is 7.84. The Hall–Kier alpha value is -1.55. The highest BCUT2D eigenvalue weighted by molar-refractivity contribution is 5.90. The van der Waals surface area contributed by atoms with E-state index in [0.717, 1.165) is 29.7 Å². The molecule has 0 bridgehead atoms. The van der Waals surface area contributed by atoms with Gasteiger partial charge in [0.1, 0.15) is 0 Å². The number of nitrogens with zero attached hydrogens (tertiary/aromatic N) is 2. The molecule has 2 aromatic rings. The van der Waals surface area contributed by atoms with E-state index in [1.807, 2.05) is 18.3 Å². The molecular weight excluding hydrogens is 200 g/mol. The lowest BCUT2D eigenvalue weighted by Gasteiger charge is -2.10. The van der Waals surface area contributed by atoms with Gasteiger partial charge >= 0.3 is 0 Å². The van der Waals surface area contributed by atoms with E-state index in [2.05, 4.69) is 21.2 Å². The number of benzene rings is 1. The highest BCUT2D eigenvalue weighted by atomic mass is 15.3. The van der Waals surface area contributed by atoms with Gasteiger partial charge in [0.2, 0.25) is 0 Å². The number of nitrogen functional groups attached to an aromatic ring is 1. The summed E-state index contributed by atoms with van der Waals surface area (Å²) in [6.07, 6.45) is 4.37. The lowest BCUT2D eigenvalue weighted by molar-refractivity contribution is 0.486. The lowest BCUT2D eigenvalue weighted by Crippen LogP contribution is -2.27. The van der Waals surface area contributed by atoms with Gasteiger partial charge in [0.25, 0.3) is 0 Å². The Morgan fingerprint density at radius 3 is 3.25 bits per heavy atom. The summed E-state index contributed by atoms with van der Waals surface area (Å²) in [5.74, 6) is 0. The normalized spacial score (nSPS) is 20.6. The van der Waals surface area contributed by atoms with Gasteiger partial charge in [0, 0.05) is 17.1 Å². The van der Waals surface area contributed by atoms with Gasteiger partial charge in [0.15, 0.2) is 0 Å². The molecule has 1 aromatic carbocycles. The van der Waals surface area contributed by atoms with Gasteiger partial charge in [0.05, 0.1) is 18.3 Å². The maximum absolute atomic E-state index is 5.91. The summed E-state index contributed by atoms with van der Waals surface area (Å²) in [7, 11) is 0. The Morgan fingerprint density at radius 2 is 2.44 bits per heavy atom. The van der Waals surface area contributed by atoms with Crippen molar-refractivity contribution >= 4 is 16.6 Å². The van der Waals surface area contributed by atoms with Crippen LogP contribution in [-0.4, -0.2) is 22.4 Å². The summed E-state index contributed by atoms with van der Waals surface area (Å²) in [6.45, 7) is 2.07. The first-order valence-electron chi connectivity index (χ1n) is 5.78. The van der Waals surface area contributed by atoms with Gasteiger partial charge in [-0.15, -0.1) is 0 Å². The van der Waals surface area contributed by atoms with Crippen LogP contribution >= 0.6 is 0 Å². The van der Waals surface area contributed by atoms with Crippen LogP contribution in [-0.2, 0) is 6.54 Å². The highest BCUT2D eigenvalue weighted by Gasteiger charge is 2.16. The molecule has 0 amide bonds. The zero-order valence-corrected chi connectivity index (χ0v) is 9.19. The van der Waals surface area contributed by atoms with Crippen molar-refractivity contribution in [2.75, 3.05) is 12.3 Å². The third kappa shape index (κ3) is 1.55. The highest BCUT2D eigenvalue weighted by Crippen LogP contribution is 2.21. The van der Waals surface area contributed by atoms with Gasteiger partial charge < -0.3 is 11.1 Å². The predicted octanol–water partition coefficient (Wildman–Crippen LogP) is 1.37. The monoisotopic (exact) mass is 216 g/mol. The number of nitrogens with one attached hydrogen (secondary N) is 1. The zero-order chi connectivity index (χ0) is 11.0. The Bertz CT molecular complexity index is 497. The average Bonchev–Trinajstić information content (AvgIpc) is 2.90. The van der Waals surface area contributed by atoms with Crippen molar-refractivity contribution in [3.05, 3.63) is 24.4 Å². The standard InChI is InChI=1S/C12H16N4/c13-11-4-1-5-12-10(11)7-15-16(12)8-9-3-2-6-14-9/h1,4-5,7,9,14H,2-3,6,8,13H2/t9-/m0/s1. The minimum absolute atomic E-state index is 0.560. The molecular formula is C12H16N4. The van der Waals surface area contributed by atoms with Crippen molar-refractivity contribution in [2.45, 2.75) is 25.4 Å². The van der Waals surface area contributed by atoms with Crippen molar-refractivity contribution in [3.8, 4) is 0 Å². The topological polar surface area (TPSA) is 55.9 Å². The molecule has 0 spiro atoms. The van der Waals surface area contributed by atoms with E-state index < -0.39 is 0 Å². The van der Waals surface area contributed by atoms with Crippen LogP contribution in [0.25, 0.3) is 10.9 Å². The second kappa shape index (κ2) is 3.79. The van der Waals surface area contributed by atoms with E-state index in [0.29, 0.717) is 6.04 Å². The Kier molecular flexibility index (Phi) is 2.29. The van der Waals surface area contributed by atoms with Gasteiger partial charge in [-0.25, -0.2) is 0 Å². The molecule has 3 N–H and O–H groups in total. The predicted molar refractivity (Wildman–Crippen MR) is 65.2 cm³/mol. The molecule has 0 radical (unpaired) electrons. The van der Waals surface area contributed by atoms with Crippen molar-refractivity contribution in [3.63, 3.8) is 0 Å². The maximum Gasteiger partial charge on any atom is 0.0703 e. The van der Waals surface area contributed by atoms with Gasteiger partial charge in [-0.1, -0.05) is 6.07 Å². The Labute approximate surface area is 94.4 Å². The number of rotatable bonds is 2. The third-order valence-electron chi connectivity index (χ3n) is 3.28. The number of nitrogens with two attached hydrogens (primary N) is 1. The molecule has 1 aromatic heterocycles. The second-order valence-electron chi connectivity index (χ2n) is 4.40. The first kappa shape index (κ1) is 9.66. The summed E-state index contributed by atoms with van der Waals surface area (Å²) in [4.78, 5) is 0. The minimum atomic E-state index is 0.560. The van der Waals surface area contributed by atoms with Crippen LogP contribution in [0.3, 0.4) is 0 Å². The number of hydrogen-bond acceptors (Lipinski definition) is 3. The number of hydrogen-bond donors (Lipinski definition) is 2. The summed E-state index contributed by atoms with van der Waals surface area (Å²) in [5.41, 5.74) is 7.85. The molecule has 0 unspecified atom stereocenters. The fourth-order valence-electron chi connectivity index (χ4n) is 2.39. The summed E-state index contributed by atoms with van der Waals surface area (Å²) in [6, 6.07) is 6.54. The average molecular weight is 216 g/mol. The molecule has 1 aliphatic rings. The zero-order valence-electron chi connectivity index (χ0n) is 9.19. The van der Waals surface area contributed by atoms with E-state index in [-0.39, 0.29) is 0 Å². The lowest BCUT2D eigenvalue weighted by atomic mass is 10.2. The van der Waals surface area contributed by atoms with E-state index in [9.17, 15) is 0 Å². The quantitative estimate of drug-likeness (QED) is 0.745. The Morgan fingerprint density at radius 1 is 1.50 bits per heavy atom. The Balaban J connectivity index is 1.94. The van der Waals surface area contributed by atoms with Gasteiger partial charge in [-0.2, -0.15) is 5.10 Å². The SMILES string of the molecule is Nc1cccc2c1cnn2C[C@@H]1CCCN1. The molecule has 1 fully saturated rings. The largest absolute Gasteiger partial charge is 0.398 e. The molecule has 0 aliphatic carbocycles. The van der Waals surface area contributed by atoms with Crippen molar-refractivity contribution in [1.29, 1.82) is 0 Å². The third-order valence-corrected chi connectivity index (χ3v) is 3.28. The molecule has 4 nitrogen and oxygen atoms in total. The first-order valence-corrected chi connectivity index (χ1v) is 5.78. The molecule has 2 heterocycles. The van der Waals surface area contributed by atoms with Crippen LogP contribution in [0.1, 0.15) is 12.8 Å². The van der Waals surface area contributed by atoms with E-state index in [1.54, 1.807) is 0 Å². The molecule has 1 atom stereocenters. The van der Waals surface area contributed by atoms with E-state index >= 15 is 0 Å². The molecule has 1 aliphatic heterocycles. The van der Waals surface area contributed by atoms with Crippen LogP contribution in [0.15, 0.2) is 24.4 Å². The summed E-state index contributed by atoms with van der Waals surface area (Å²) < 4.78 is 2.05. The molecule has 84 valence electrons. The smallest absolute Gasteiger partial charge is 0.0703 e. The summed E-state index contributed by atoms with van der Waals surface area (Å²) >= 11 is 0. The fourth-order valence-corrected chi connectivity index (χ4v) is 2.39.